The van der Waals surface area contributed by atoms with Gasteiger partial charge in [0, 0.05) is 36.5 Å². The van der Waals surface area contributed by atoms with Gasteiger partial charge in [0.1, 0.15) is 23.1 Å². The first-order valence-corrected chi connectivity index (χ1v) is 10.9. The average molecular weight is 480 g/mol. The van der Waals surface area contributed by atoms with Crippen LogP contribution in [-0.2, 0) is 14.3 Å². The van der Waals surface area contributed by atoms with Crippen LogP contribution < -0.4 is 20.7 Å². The second-order valence-electron chi connectivity index (χ2n) is 7.30. The Labute approximate surface area is 201 Å². The average Bonchev–Trinajstić information content (AvgIpc) is 2.82. The molecule has 0 atom stereocenters. The van der Waals surface area contributed by atoms with Crippen LogP contribution in [0.4, 0.5) is 26.4 Å². The topological polar surface area (TPSA) is 119 Å². The number of esters is 1. The number of aromatic nitrogens is 1. The summed E-state index contributed by atoms with van der Waals surface area (Å²) >= 11 is 0. The second-order valence-corrected chi connectivity index (χ2v) is 7.30. The zero-order valence-corrected chi connectivity index (χ0v) is 19.0. The molecule has 0 bridgehead atoms. The molecular weight excluding hydrogens is 455 g/mol. The molecule has 3 N–H and O–H groups in total. The molecule has 182 valence electrons. The van der Waals surface area contributed by atoms with Crippen molar-refractivity contribution >= 4 is 35.1 Å². The van der Waals surface area contributed by atoms with Crippen molar-refractivity contribution in [2.24, 2.45) is 0 Å². The smallest absolute Gasteiger partial charge is 0.323 e. The quantitative estimate of drug-likeness (QED) is 0.338. The summed E-state index contributed by atoms with van der Waals surface area (Å²) in [5.74, 6) is 0.293. The molecule has 0 spiro atoms. The molecular formula is C25H25FN4O5. The highest BCUT2D eigenvalue weighted by Crippen LogP contribution is 2.24. The van der Waals surface area contributed by atoms with Crippen LogP contribution in [0.2, 0.25) is 0 Å². The molecule has 0 radical (unpaired) electrons. The maximum atomic E-state index is 13.0. The molecule has 0 aliphatic carbocycles. The van der Waals surface area contributed by atoms with Crippen molar-refractivity contribution in [3.8, 4) is 11.5 Å². The molecule has 2 aromatic carbocycles. The van der Waals surface area contributed by atoms with Crippen LogP contribution in [0, 0.1) is 5.82 Å². The Bertz CT molecular complexity index is 1150. The molecule has 0 aliphatic heterocycles. The molecule has 1 heterocycles. The third-order valence-corrected chi connectivity index (χ3v) is 4.54. The highest BCUT2D eigenvalue weighted by atomic mass is 19.1. The minimum Gasteiger partial charge on any atom is -0.466 e. The van der Waals surface area contributed by atoms with Crippen molar-refractivity contribution in [2.75, 3.05) is 22.6 Å². The lowest BCUT2D eigenvalue weighted by molar-refractivity contribution is -0.143. The highest BCUT2D eigenvalue weighted by molar-refractivity contribution is 5.99. The molecule has 0 unspecified atom stereocenters. The van der Waals surface area contributed by atoms with Gasteiger partial charge in [0.15, 0.2) is 0 Å². The number of pyridine rings is 1. The maximum absolute atomic E-state index is 13.0. The normalized spacial score (nSPS) is 10.2. The van der Waals surface area contributed by atoms with Crippen molar-refractivity contribution in [2.45, 2.75) is 26.2 Å². The molecule has 1 aromatic heterocycles. The van der Waals surface area contributed by atoms with Crippen LogP contribution in [0.1, 0.15) is 26.2 Å². The van der Waals surface area contributed by atoms with Gasteiger partial charge in [0.05, 0.1) is 6.61 Å². The number of rotatable bonds is 10. The lowest BCUT2D eigenvalue weighted by Gasteiger charge is -2.10. The number of halogens is 1. The van der Waals surface area contributed by atoms with Crippen LogP contribution in [0.25, 0.3) is 0 Å². The van der Waals surface area contributed by atoms with Gasteiger partial charge in [-0.2, -0.15) is 0 Å². The fourth-order valence-electron chi connectivity index (χ4n) is 2.94. The summed E-state index contributed by atoms with van der Waals surface area (Å²) in [7, 11) is 0. The lowest BCUT2D eigenvalue weighted by Crippen LogP contribution is -2.19. The number of amides is 3. The SMILES string of the molecule is CCOC(=O)CCCC(=O)Nc1cc(Oc2ccc(NC(=O)Nc3ccc(F)cc3)cc2)ccn1. The molecule has 0 saturated carbocycles. The van der Waals surface area contributed by atoms with Gasteiger partial charge >= 0.3 is 12.0 Å². The molecule has 3 rings (SSSR count). The number of nitrogens with zero attached hydrogens (tertiary/aromatic N) is 1. The Morgan fingerprint density at radius 2 is 1.51 bits per heavy atom. The van der Waals surface area contributed by atoms with E-state index in [0.717, 1.165) is 0 Å². The Morgan fingerprint density at radius 1 is 0.857 bits per heavy atom. The Hall–Kier alpha value is -4.47. The van der Waals surface area contributed by atoms with Gasteiger partial charge in [0.25, 0.3) is 0 Å². The van der Waals surface area contributed by atoms with E-state index < -0.39 is 6.03 Å². The Kier molecular flexibility index (Phi) is 9.12. The van der Waals surface area contributed by atoms with Crippen LogP contribution in [-0.4, -0.2) is 29.5 Å². The van der Waals surface area contributed by atoms with E-state index in [4.69, 9.17) is 9.47 Å². The van der Waals surface area contributed by atoms with E-state index >= 15 is 0 Å². The number of ether oxygens (including phenoxy) is 2. The maximum Gasteiger partial charge on any atom is 0.323 e. The van der Waals surface area contributed by atoms with E-state index in [9.17, 15) is 18.8 Å². The predicted octanol–water partition coefficient (Wildman–Crippen LogP) is 5.33. The summed E-state index contributed by atoms with van der Waals surface area (Å²) < 4.78 is 23.6. The fraction of sp³-hybridized carbons (Fsp3) is 0.200. The summed E-state index contributed by atoms with van der Waals surface area (Å²) in [6.45, 7) is 2.04. The molecule has 0 saturated heterocycles. The number of carbonyl (C=O) groups is 3. The summed E-state index contributed by atoms with van der Waals surface area (Å²) in [5, 5.41) is 7.95. The number of carbonyl (C=O) groups excluding carboxylic acids is 3. The van der Waals surface area contributed by atoms with E-state index in [1.54, 1.807) is 43.3 Å². The highest BCUT2D eigenvalue weighted by Gasteiger charge is 2.08. The van der Waals surface area contributed by atoms with Crippen LogP contribution in [0.5, 0.6) is 11.5 Å². The number of anilines is 3. The van der Waals surface area contributed by atoms with Crippen molar-refractivity contribution < 1.29 is 28.2 Å². The fourth-order valence-corrected chi connectivity index (χ4v) is 2.94. The third kappa shape index (κ3) is 8.77. The molecule has 0 aliphatic rings. The minimum absolute atomic E-state index is 0.161. The van der Waals surface area contributed by atoms with E-state index in [0.29, 0.717) is 41.7 Å². The monoisotopic (exact) mass is 480 g/mol. The molecule has 35 heavy (non-hydrogen) atoms. The van der Waals surface area contributed by atoms with Gasteiger partial charge in [-0.1, -0.05) is 0 Å². The number of benzene rings is 2. The van der Waals surface area contributed by atoms with E-state index in [1.165, 1.54) is 30.5 Å². The molecule has 3 aromatic rings. The van der Waals surface area contributed by atoms with Gasteiger partial charge in [-0.3, -0.25) is 9.59 Å². The van der Waals surface area contributed by atoms with Gasteiger partial charge in [-0.05, 0) is 67.9 Å². The van der Waals surface area contributed by atoms with Crippen molar-refractivity contribution in [3.05, 3.63) is 72.7 Å². The lowest BCUT2D eigenvalue weighted by atomic mass is 10.2. The van der Waals surface area contributed by atoms with Gasteiger partial charge < -0.3 is 25.4 Å². The molecule has 9 nitrogen and oxygen atoms in total. The zero-order chi connectivity index (χ0) is 25.0. The Morgan fingerprint density at radius 3 is 2.17 bits per heavy atom. The van der Waals surface area contributed by atoms with E-state index in [-0.39, 0.29) is 30.5 Å². The third-order valence-electron chi connectivity index (χ3n) is 4.54. The van der Waals surface area contributed by atoms with Gasteiger partial charge in [0.2, 0.25) is 5.91 Å². The first-order chi connectivity index (χ1) is 16.9. The summed E-state index contributed by atoms with van der Waals surface area (Å²) in [4.78, 5) is 39.6. The minimum atomic E-state index is -0.470. The summed E-state index contributed by atoms with van der Waals surface area (Å²) in [6, 6.07) is 14.8. The standard InChI is InChI=1S/C25H25FN4O5/c1-2-34-24(32)5-3-4-23(31)30-22-16-21(14-15-27-22)35-20-12-10-19(11-13-20)29-25(33)28-18-8-6-17(26)7-9-18/h6-16H,2-5H2,1H3,(H,27,30,31)(H2,28,29,33). The molecule has 3 amide bonds. The van der Waals surface area contributed by atoms with Gasteiger partial charge in [-0.25, -0.2) is 14.2 Å². The zero-order valence-electron chi connectivity index (χ0n) is 19.0. The number of urea groups is 1. The van der Waals surface area contributed by atoms with Crippen LogP contribution >= 0.6 is 0 Å². The second kappa shape index (κ2) is 12.7. The Balaban J connectivity index is 1.48. The largest absolute Gasteiger partial charge is 0.466 e. The van der Waals surface area contributed by atoms with Crippen LogP contribution in [0.3, 0.4) is 0 Å². The molecule has 0 fully saturated rings. The number of nitrogens with one attached hydrogen (secondary N) is 3. The first kappa shape index (κ1) is 25.2. The van der Waals surface area contributed by atoms with E-state index in [1.807, 2.05) is 0 Å². The van der Waals surface area contributed by atoms with E-state index in [2.05, 4.69) is 20.9 Å². The van der Waals surface area contributed by atoms with Crippen LogP contribution in [0.15, 0.2) is 66.9 Å². The van der Waals surface area contributed by atoms with Crippen molar-refractivity contribution in [1.82, 2.24) is 4.98 Å². The first-order valence-electron chi connectivity index (χ1n) is 10.9. The number of hydrogen-bond acceptors (Lipinski definition) is 6. The van der Waals surface area contributed by atoms with Crippen molar-refractivity contribution in [3.63, 3.8) is 0 Å². The summed E-state index contributed by atoms with van der Waals surface area (Å²) in [5.41, 5.74) is 0.992. The summed E-state index contributed by atoms with van der Waals surface area (Å²) in [6.07, 6.45) is 2.22. The van der Waals surface area contributed by atoms with Gasteiger partial charge in [-0.15, -0.1) is 0 Å². The van der Waals surface area contributed by atoms with Crippen molar-refractivity contribution in [1.29, 1.82) is 0 Å². The number of hydrogen-bond donors (Lipinski definition) is 3. The molecule has 10 heteroatoms. The predicted molar refractivity (Wildman–Crippen MR) is 129 cm³/mol.